The fourth-order valence-corrected chi connectivity index (χ4v) is 2.41. The molecular formula is C18H20FNO3S. The van der Waals surface area contributed by atoms with Crippen molar-refractivity contribution in [1.29, 1.82) is 0 Å². The summed E-state index contributed by atoms with van der Waals surface area (Å²) in [6.45, 7) is 4.13. The Labute approximate surface area is 146 Å². The Morgan fingerprint density at radius 2 is 2.00 bits per heavy atom. The molecule has 0 aromatic heterocycles. The molecule has 2 aromatic carbocycles. The van der Waals surface area contributed by atoms with E-state index in [2.05, 4.69) is 13.0 Å². The van der Waals surface area contributed by atoms with Crippen molar-refractivity contribution in [2.75, 3.05) is 12.2 Å². The van der Waals surface area contributed by atoms with Crippen molar-refractivity contribution in [1.82, 2.24) is 0 Å². The van der Waals surface area contributed by atoms with Crippen molar-refractivity contribution < 1.29 is 19.1 Å². The Hall–Kier alpha value is -2.18. The highest BCUT2D eigenvalue weighted by atomic mass is 32.1. The number of thiocarbonyl (C=S) groups is 1. The molecule has 0 amide bonds. The Balaban J connectivity index is 2.23. The Kier molecular flexibility index (Phi) is 6.11. The fourth-order valence-electron chi connectivity index (χ4n) is 2.31. The van der Waals surface area contributed by atoms with Crippen molar-refractivity contribution in [3.8, 4) is 5.75 Å². The highest BCUT2D eigenvalue weighted by Gasteiger charge is 2.16. The first-order valence-corrected chi connectivity index (χ1v) is 7.94. The molecule has 0 radical (unpaired) electrons. The van der Waals surface area contributed by atoms with Gasteiger partial charge in [0.05, 0.1) is 12.8 Å². The second kappa shape index (κ2) is 8.08. The van der Waals surface area contributed by atoms with E-state index < -0.39 is 5.82 Å². The first-order valence-electron chi connectivity index (χ1n) is 7.54. The van der Waals surface area contributed by atoms with Gasteiger partial charge in [0.25, 0.3) is 5.17 Å². The number of methoxy groups -OCH3 is 1. The van der Waals surface area contributed by atoms with E-state index in [4.69, 9.17) is 21.7 Å². The largest absolute Gasteiger partial charge is 0.489 e. The van der Waals surface area contributed by atoms with Gasteiger partial charge in [-0.3, -0.25) is 5.21 Å². The molecule has 24 heavy (non-hydrogen) atoms. The standard InChI is InChI=1S/C18H20FNO3S/c1-4-13-5-8-17(12(2)9-13)23-11-14-10-15(19)6-7-16(14)20(21)18(24)22-3/h5-10,21H,4,11H2,1-3H3. The van der Waals surface area contributed by atoms with E-state index in [1.807, 2.05) is 19.1 Å². The number of hydroxylamine groups is 1. The lowest BCUT2D eigenvalue weighted by molar-refractivity contribution is 0.264. The molecule has 0 fully saturated rings. The molecule has 0 aliphatic heterocycles. The molecule has 0 aliphatic rings. The van der Waals surface area contributed by atoms with Gasteiger partial charge in [0.1, 0.15) is 18.2 Å². The second-order valence-corrected chi connectivity index (χ2v) is 5.65. The molecule has 2 rings (SSSR count). The van der Waals surface area contributed by atoms with Gasteiger partial charge in [0.15, 0.2) is 0 Å². The number of benzene rings is 2. The number of ether oxygens (including phenoxy) is 2. The molecule has 1 N–H and O–H groups in total. The predicted octanol–water partition coefficient (Wildman–Crippen LogP) is 4.40. The van der Waals surface area contributed by atoms with Gasteiger partial charge in [-0.2, -0.15) is 5.06 Å². The van der Waals surface area contributed by atoms with Crippen LogP contribution in [-0.2, 0) is 17.8 Å². The maximum Gasteiger partial charge on any atom is 0.288 e. The van der Waals surface area contributed by atoms with E-state index in [1.54, 1.807) is 0 Å². The quantitative estimate of drug-likeness (QED) is 0.640. The first-order chi connectivity index (χ1) is 11.5. The number of halogens is 1. The van der Waals surface area contributed by atoms with Crippen LogP contribution in [0.2, 0.25) is 0 Å². The third-order valence-electron chi connectivity index (χ3n) is 3.65. The van der Waals surface area contributed by atoms with Crippen LogP contribution >= 0.6 is 12.2 Å². The smallest absolute Gasteiger partial charge is 0.288 e. The molecule has 128 valence electrons. The molecule has 6 heteroatoms. The van der Waals surface area contributed by atoms with Gasteiger partial charge >= 0.3 is 0 Å². The summed E-state index contributed by atoms with van der Waals surface area (Å²) in [4.78, 5) is 0. The maximum absolute atomic E-state index is 13.6. The highest BCUT2D eigenvalue weighted by Crippen LogP contribution is 2.25. The lowest BCUT2D eigenvalue weighted by Crippen LogP contribution is -2.27. The number of hydrogen-bond donors (Lipinski definition) is 1. The topological polar surface area (TPSA) is 41.9 Å². The number of nitrogens with zero attached hydrogens (tertiary/aromatic N) is 1. The van der Waals surface area contributed by atoms with Gasteiger partial charge in [-0.05, 0) is 61.0 Å². The van der Waals surface area contributed by atoms with E-state index in [0.29, 0.717) is 22.1 Å². The van der Waals surface area contributed by atoms with Crippen molar-refractivity contribution in [3.63, 3.8) is 0 Å². The number of anilines is 1. The minimum Gasteiger partial charge on any atom is -0.489 e. The average Bonchev–Trinajstić information content (AvgIpc) is 2.59. The Morgan fingerprint density at radius 1 is 1.25 bits per heavy atom. The van der Waals surface area contributed by atoms with E-state index >= 15 is 0 Å². The molecule has 0 unspecified atom stereocenters. The van der Waals surface area contributed by atoms with Crippen LogP contribution in [0.4, 0.5) is 10.1 Å². The molecule has 0 bridgehead atoms. The van der Waals surface area contributed by atoms with Crippen LogP contribution in [0.15, 0.2) is 36.4 Å². The van der Waals surface area contributed by atoms with Gasteiger partial charge < -0.3 is 9.47 Å². The van der Waals surface area contributed by atoms with Crippen LogP contribution in [0.5, 0.6) is 5.75 Å². The van der Waals surface area contributed by atoms with E-state index in [0.717, 1.165) is 12.0 Å². The molecule has 4 nitrogen and oxygen atoms in total. The van der Waals surface area contributed by atoms with Crippen LogP contribution in [-0.4, -0.2) is 17.5 Å². The van der Waals surface area contributed by atoms with Gasteiger partial charge in [0.2, 0.25) is 0 Å². The highest BCUT2D eigenvalue weighted by molar-refractivity contribution is 7.80. The molecule has 0 saturated heterocycles. The molecule has 0 heterocycles. The summed E-state index contributed by atoms with van der Waals surface area (Å²) in [6.07, 6.45) is 0.948. The normalized spacial score (nSPS) is 10.4. The molecule has 0 saturated carbocycles. The van der Waals surface area contributed by atoms with Crippen molar-refractivity contribution in [2.45, 2.75) is 26.9 Å². The lowest BCUT2D eigenvalue weighted by atomic mass is 10.1. The van der Waals surface area contributed by atoms with Crippen LogP contribution in [0.1, 0.15) is 23.6 Å². The third kappa shape index (κ3) is 4.21. The summed E-state index contributed by atoms with van der Waals surface area (Å²) in [5.74, 6) is 0.286. The number of aryl methyl sites for hydroxylation is 2. The molecule has 0 atom stereocenters. The average molecular weight is 349 g/mol. The molecule has 0 spiro atoms. The van der Waals surface area contributed by atoms with Crippen molar-refractivity contribution in [3.05, 3.63) is 58.9 Å². The van der Waals surface area contributed by atoms with Gasteiger partial charge in [-0.25, -0.2) is 4.39 Å². The second-order valence-electron chi connectivity index (χ2n) is 5.30. The minimum absolute atomic E-state index is 0.0861. The lowest BCUT2D eigenvalue weighted by Gasteiger charge is -2.20. The van der Waals surface area contributed by atoms with E-state index in [9.17, 15) is 9.60 Å². The zero-order valence-electron chi connectivity index (χ0n) is 13.9. The van der Waals surface area contributed by atoms with Gasteiger partial charge in [-0.1, -0.05) is 19.1 Å². The van der Waals surface area contributed by atoms with Gasteiger partial charge in [-0.15, -0.1) is 0 Å². The molecule has 0 aliphatic carbocycles. The number of hydrogen-bond acceptors (Lipinski definition) is 4. The monoisotopic (exact) mass is 349 g/mol. The maximum atomic E-state index is 13.6. The van der Waals surface area contributed by atoms with Gasteiger partial charge in [0, 0.05) is 5.56 Å². The summed E-state index contributed by atoms with van der Waals surface area (Å²) >= 11 is 4.90. The van der Waals surface area contributed by atoms with Crippen LogP contribution < -0.4 is 9.80 Å². The van der Waals surface area contributed by atoms with Crippen molar-refractivity contribution in [2.24, 2.45) is 0 Å². The summed E-state index contributed by atoms with van der Waals surface area (Å²) in [6, 6.07) is 9.90. The van der Waals surface area contributed by atoms with Crippen molar-refractivity contribution >= 4 is 23.1 Å². The Morgan fingerprint density at radius 3 is 2.62 bits per heavy atom. The third-order valence-corrected chi connectivity index (χ3v) is 3.99. The summed E-state index contributed by atoms with van der Waals surface area (Å²) in [5.41, 5.74) is 2.99. The van der Waals surface area contributed by atoms with Crippen LogP contribution in [0.25, 0.3) is 0 Å². The SMILES string of the molecule is CCc1ccc(OCc2cc(F)ccc2N(O)C(=S)OC)c(C)c1. The zero-order valence-corrected chi connectivity index (χ0v) is 14.7. The molecular weight excluding hydrogens is 329 g/mol. The minimum atomic E-state index is -0.424. The number of rotatable bonds is 5. The predicted molar refractivity (Wildman–Crippen MR) is 95.2 cm³/mol. The van der Waals surface area contributed by atoms with Crippen LogP contribution in [0, 0.1) is 12.7 Å². The van der Waals surface area contributed by atoms with E-state index in [-0.39, 0.29) is 11.8 Å². The first kappa shape index (κ1) is 18.2. The zero-order chi connectivity index (χ0) is 17.7. The summed E-state index contributed by atoms with van der Waals surface area (Å²) in [7, 11) is 1.35. The fraction of sp³-hybridized carbons (Fsp3) is 0.278. The van der Waals surface area contributed by atoms with E-state index in [1.165, 1.54) is 30.9 Å². The van der Waals surface area contributed by atoms with Crippen LogP contribution in [0.3, 0.4) is 0 Å². The summed E-state index contributed by atoms with van der Waals surface area (Å²) in [5, 5.41) is 10.6. The molecule has 2 aromatic rings. The summed E-state index contributed by atoms with van der Waals surface area (Å²) < 4.78 is 24.2. The Bertz CT molecular complexity index is 736.